The van der Waals surface area contributed by atoms with Gasteiger partial charge in [0.05, 0.1) is 5.75 Å². The average Bonchev–Trinajstić information content (AvgIpc) is 2.80. The molecule has 2 aliphatic rings. The molecule has 0 amide bonds. The normalized spacial score (nSPS) is 30.4. The van der Waals surface area contributed by atoms with Gasteiger partial charge in [-0.25, -0.2) is 8.42 Å². The van der Waals surface area contributed by atoms with Gasteiger partial charge in [-0.15, -0.1) is 0 Å². The summed E-state index contributed by atoms with van der Waals surface area (Å²) in [5, 5.41) is 11.9. The number of hydrogen-bond donors (Lipinski definition) is 2. The van der Waals surface area contributed by atoms with E-state index in [9.17, 15) is 13.2 Å². The highest BCUT2D eigenvalue weighted by molar-refractivity contribution is 7.89. The van der Waals surface area contributed by atoms with Crippen LogP contribution < -0.4 is 5.32 Å². The number of nitrogens with zero attached hydrogens (tertiary/aromatic N) is 1. The average molecular weight is 290 g/mol. The maximum Gasteiger partial charge on any atom is 0.303 e. The van der Waals surface area contributed by atoms with Crippen LogP contribution in [0.25, 0.3) is 0 Å². The molecule has 2 saturated heterocycles. The van der Waals surface area contributed by atoms with E-state index in [4.69, 9.17) is 5.11 Å². The van der Waals surface area contributed by atoms with Gasteiger partial charge in [-0.05, 0) is 38.6 Å². The molecule has 2 fully saturated rings. The molecule has 0 radical (unpaired) electrons. The number of fused-ring (bicyclic) bond motifs is 1. The van der Waals surface area contributed by atoms with Crippen molar-refractivity contribution in [1.29, 1.82) is 0 Å². The minimum atomic E-state index is -3.36. The van der Waals surface area contributed by atoms with Crippen molar-refractivity contribution in [3.8, 4) is 0 Å². The van der Waals surface area contributed by atoms with E-state index in [1.165, 1.54) is 0 Å². The van der Waals surface area contributed by atoms with Crippen LogP contribution >= 0.6 is 0 Å². The molecule has 6 nitrogen and oxygen atoms in total. The van der Waals surface area contributed by atoms with Gasteiger partial charge in [-0.2, -0.15) is 4.31 Å². The lowest BCUT2D eigenvalue weighted by atomic mass is 9.85. The number of nitrogens with one attached hydrogen (secondary N) is 1. The summed E-state index contributed by atoms with van der Waals surface area (Å²) in [6.45, 7) is 6.23. The molecule has 2 atom stereocenters. The Morgan fingerprint density at radius 1 is 1.42 bits per heavy atom. The third-order valence-electron chi connectivity index (χ3n) is 4.42. The van der Waals surface area contributed by atoms with E-state index in [1.807, 2.05) is 13.8 Å². The third-order valence-corrected chi connectivity index (χ3v) is 6.51. The maximum absolute atomic E-state index is 12.4. The topological polar surface area (TPSA) is 86.7 Å². The van der Waals surface area contributed by atoms with Crippen LogP contribution in [0, 0.1) is 11.8 Å². The highest BCUT2D eigenvalue weighted by Crippen LogP contribution is 2.42. The fourth-order valence-electron chi connectivity index (χ4n) is 3.37. The van der Waals surface area contributed by atoms with Gasteiger partial charge < -0.3 is 10.4 Å². The zero-order valence-corrected chi connectivity index (χ0v) is 12.2. The van der Waals surface area contributed by atoms with Crippen LogP contribution in [0.3, 0.4) is 0 Å². The Morgan fingerprint density at radius 3 is 2.68 bits per heavy atom. The summed E-state index contributed by atoms with van der Waals surface area (Å²) in [5.41, 5.74) is -0.379. The lowest BCUT2D eigenvalue weighted by molar-refractivity contribution is -0.137. The van der Waals surface area contributed by atoms with Gasteiger partial charge >= 0.3 is 5.97 Å². The zero-order chi connectivity index (χ0) is 14.3. The summed E-state index contributed by atoms with van der Waals surface area (Å²) in [7, 11) is -3.36. The fourth-order valence-corrected chi connectivity index (χ4v) is 5.37. The lowest BCUT2D eigenvalue weighted by Crippen LogP contribution is -2.48. The molecule has 0 bridgehead atoms. The van der Waals surface area contributed by atoms with E-state index in [-0.39, 0.29) is 24.1 Å². The van der Waals surface area contributed by atoms with Gasteiger partial charge in [0, 0.05) is 25.0 Å². The minimum absolute atomic E-state index is 0.0738. The Labute approximate surface area is 114 Å². The van der Waals surface area contributed by atoms with E-state index >= 15 is 0 Å². The summed E-state index contributed by atoms with van der Waals surface area (Å²) in [6.07, 6.45) is 0.0831. The number of carboxylic acids is 1. The van der Waals surface area contributed by atoms with Crippen LogP contribution in [0.2, 0.25) is 0 Å². The molecule has 2 aliphatic heterocycles. The Balaban J connectivity index is 2.06. The number of rotatable bonds is 5. The molecular formula is C12H22N2O4S. The van der Waals surface area contributed by atoms with Crippen molar-refractivity contribution < 1.29 is 18.3 Å². The molecule has 2 unspecified atom stereocenters. The van der Waals surface area contributed by atoms with Gasteiger partial charge in [0.25, 0.3) is 0 Å². The molecule has 2 heterocycles. The number of sulfonamides is 1. The first-order valence-electron chi connectivity index (χ1n) is 6.68. The Bertz CT molecular complexity index is 460. The molecule has 7 heteroatoms. The SMILES string of the molecule is CC1(C)C2CNCC2CN1S(=O)(=O)CCCC(=O)O. The Morgan fingerprint density at radius 2 is 2.11 bits per heavy atom. The lowest BCUT2D eigenvalue weighted by Gasteiger charge is -2.34. The van der Waals surface area contributed by atoms with Crippen LogP contribution in [0.15, 0.2) is 0 Å². The standard InChI is InChI=1S/C12H22N2O4S/c1-12(2)10-7-13-6-9(10)8-14(12)19(17,18)5-3-4-11(15)16/h9-10,13H,3-8H2,1-2H3,(H,15,16). The Kier molecular flexibility index (Phi) is 3.90. The summed E-state index contributed by atoms with van der Waals surface area (Å²) >= 11 is 0. The number of hydrogen-bond acceptors (Lipinski definition) is 4. The zero-order valence-electron chi connectivity index (χ0n) is 11.4. The first-order valence-corrected chi connectivity index (χ1v) is 8.29. The fraction of sp³-hybridized carbons (Fsp3) is 0.917. The summed E-state index contributed by atoms with van der Waals surface area (Å²) in [5.74, 6) is -0.293. The van der Waals surface area contributed by atoms with Crippen LogP contribution in [0.4, 0.5) is 0 Å². The smallest absolute Gasteiger partial charge is 0.303 e. The number of carbonyl (C=O) groups is 1. The first kappa shape index (κ1) is 14.7. The molecule has 2 N–H and O–H groups in total. The highest BCUT2D eigenvalue weighted by atomic mass is 32.2. The third kappa shape index (κ3) is 2.78. The molecule has 0 aromatic heterocycles. The minimum Gasteiger partial charge on any atom is -0.481 e. The van der Waals surface area contributed by atoms with E-state index in [2.05, 4.69) is 5.32 Å². The second-order valence-corrected chi connectivity index (χ2v) is 8.04. The molecule has 0 aromatic carbocycles. The van der Waals surface area contributed by atoms with Crippen LogP contribution in [0.1, 0.15) is 26.7 Å². The van der Waals surface area contributed by atoms with E-state index < -0.39 is 16.0 Å². The van der Waals surface area contributed by atoms with Crippen molar-refractivity contribution >= 4 is 16.0 Å². The number of carboxylic acid groups (broad SMARTS) is 1. The number of aliphatic carboxylic acids is 1. The van der Waals surface area contributed by atoms with E-state index in [0.29, 0.717) is 18.4 Å². The maximum atomic E-state index is 12.4. The summed E-state index contributed by atoms with van der Waals surface area (Å²) in [4.78, 5) is 10.5. The van der Waals surface area contributed by atoms with Crippen molar-refractivity contribution in [2.75, 3.05) is 25.4 Å². The van der Waals surface area contributed by atoms with Crippen LogP contribution in [0.5, 0.6) is 0 Å². The molecule has 2 rings (SSSR count). The van der Waals surface area contributed by atoms with Gasteiger partial charge in [0.15, 0.2) is 0 Å². The molecule has 19 heavy (non-hydrogen) atoms. The molecular weight excluding hydrogens is 268 g/mol. The first-order chi connectivity index (χ1) is 8.75. The van der Waals surface area contributed by atoms with E-state index in [0.717, 1.165) is 13.1 Å². The van der Waals surface area contributed by atoms with Gasteiger partial charge in [0.1, 0.15) is 0 Å². The predicted octanol–water partition coefficient (Wildman–Crippen LogP) is 0.111. The summed E-state index contributed by atoms with van der Waals surface area (Å²) in [6, 6.07) is 0. The van der Waals surface area contributed by atoms with Gasteiger partial charge in [-0.3, -0.25) is 4.79 Å². The predicted molar refractivity (Wildman–Crippen MR) is 71.3 cm³/mol. The van der Waals surface area contributed by atoms with Gasteiger partial charge in [0.2, 0.25) is 10.0 Å². The molecule has 0 saturated carbocycles. The van der Waals surface area contributed by atoms with Crippen LogP contribution in [-0.2, 0) is 14.8 Å². The van der Waals surface area contributed by atoms with Crippen LogP contribution in [-0.4, -0.2) is 54.7 Å². The van der Waals surface area contributed by atoms with Crippen molar-refractivity contribution in [1.82, 2.24) is 9.62 Å². The molecule has 0 aliphatic carbocycles. The Hall–Kier alpha value is -0.660. The van der Waals surface area contributed by atoms with Crippen molar-refractivity contribution in [2.45, 2.75) is 32.2 Å². The quantitative estimate of drug-likeness (QED) is 0.750. The summed E-state index contributed by atoms with van der Waals surface area (Å²) < 4.78 is 26.3. The van der Waals surface area contributed by atoms with Gasteiger partial charge in [-0.1, -0.05) is 0 Å². The van der Waals surface area contributed by atoms with E-state index in [1.54, 1.807) is 4.31 Å². The molecule has 0 spiro atoms. The second kappa shape index (κ2) is 5.03. The molecule has 0 aromatic rings. The van der Waals surface area contributed by atoms with Crippen molar-refractivity contribution in [3.05, 3.63) is 0 Å². The highest BCUT2D eigenvalue weighted by Gasteiger charge is 2.53. The van der Waals surface area contributed by atoms with Crippen molar-refractivity contribution in [2.24, 2.45) is 11.8 Å². The van der Waals surface area contributed by atoms with Crippen molar-refractivity contribution in [3.63, 3.8) is 0 Å². The monoisotopic (exact) mass is 290 g/mol. The second-order valence-electron chi connectivity index (χ2n) is 6.02. The largest absolute Gasteiger partial charge is 0.481 e. The molecule has 110 valence electrons.